The van der Waals surface area contributed by atoms with E-state index in [1.54, 1.807) is 0 Å². The number of nitrogens with zero attached hydrogens (tertiary/aromatic N) is 1. The maximum Gasteiger partial charge on any atom is 0.189 e. The van der Waals surface area contributed by atoms with Gasteiger partial charge in [0.05, 0.1) is 25.8 Å². The molecule has 0 saturated heterocycles. The lowest BCUT2D eigenvalue weighted by Gasteiger charge is -2.27. The summed E-state index contributed by atoms with van der Waals surface area (Å²) >= 11 is 0. The summed E-state index contributed by atoms with van der Waals surface area (Å²) in [6.45, 7) is 1.15. The quantitative estimate of drug-likeness (QED) is 0.370. The molecule has 0 bridgehead atoms. The standard InChI is InChI=1S/C19H23N3O2.HI/c20-19(21-12-15(13-23)14-6-2-1-3-7-14)22-17-10-11-24-18-9-5-4-8-16(17)18;/h1-9,15,17,23H,10-13H2,(H3,20,21,22);1H. The molecule has 2 aromatic carbocycles. The molecular formula is C19H24IN3O2. The summed E-state index contributed by atoms with van der Waals surface area (Å²) in [7, 11) is 0. The van der Waals surface area contributed by atoms with Crippen molar-refractivity contribution < 1.29 is 9.84 Å². The Hall–Kier alpha value is -1.80. The number of benzene rings is 2. The molecule has 2 unspecified atom stereocenters. The predicted molar refractivity (Wildman–Crippen MR) is 111 cm³/mol. The molecule has 0 radical (unpaired) electrons. The average Bonchev–Trinajstić information content (AvgIpc) is 2.63. The fraction of sp³-hybridized carbons (Fsp3) is 0.316. The summed E-state index contributed by atoms with van der Waals surface area (Å²) in [6, 6.07) is 17.9. The third kappa shape index (κ3) is 5.09. The number of ether oxygens (including phenoxy) is 1. The highest BCUT2D eigenvalue weighted by molar-refractivity contribution is 14.0. The lowest BCUT2D eigenvalue weighted by Crippen LogP contribution is -2.37. The number of rotatable bonds is 5. The van der Waals surface area contributed by atoms with Crippen LogP contribution in [0.1, 0.15) is 29.5 Å². The molecule has 25 heavy (non-hydrogen) atoms. The molecule has 4 N–H and O–H groups in total. The zero-order chi connectivity index (χ0) is 16.8. The van der Waals surface area contributed by atoms with Gasteiger partial charge in [-0.1, -0.05) is 48.5 Å². The van der Waals surface area contributed by atoms with E-state index in [1.165, 1.54) is 0 Å². The first-order chi connectivity index (χ1) is 11.8. The van der Waals surface area contributed by atoms with Crippen molar-refractivity contribution in [2.24, 2.45) is 10.7 Å². The van der Waals surface area contributed by atoms with E-state index >= 15 is 0 Å². The molecule has 0 aromatic heterocycles. The van der Waals surface area contributed by atoms with Crippen molar-refractivity contribution in [3.8, 4) is 5.75 Å². The van der Waals surface area contributed by atoms with Crippen LogP contribution in [0.3, 0.4) is 0 Å². The summed E-state index contributed by atoms with van der Waals surface area (Å²) in [5, 5.41) is 12.9. The van der Waals surface area contributed by atoms with Gasteiger partial charge in [-0.3, -0.25) is 4.99 Å². The molecular weight excluding hydrogens is 429 g/mol. The average molecular weight is 453 g/mol. The molecule has 0 fully saturated rings. The molecule has 2 atom stereocenters. The van der Waals surface area contributed by atoms with Gasteiger partial charge in [-0.05, 0) is 11.6 Å². The fourth-order valence-electron chi connectivity index (χ4n) is 2.92. The van der Waals surface area contributed by atoms with Crippen LogP contribution >= 0.6 is 24.0 Å². The van der Waals surface area contributed by atoms with Crippen molar-refractivity contribution in [2.75, 3.05) is 19.8 Å². The van der Waals surface area contributed by atoms with Crippen molar-refractivity contribution >= 4 is 29.9 Å². The van der Waals surface area contributed by atoms with Gasteiger partial charge < -0.3 is 20.9 Å². The second-order valence-electron chi connectivity index (χ2n) is 5.89. The summed E-state index contributed by atoms with van der Waals surface area (Å²) in [4.78, 5) is 4.42. The Morgan fingerprint density at radius 3 is 2.68 bits per heavy atom. The van der Waals surface area contributed by atoms with Crippen LogP contribution in [0.4, 0.5) is 0 Å². The van der Waals surface area contributed by atoms with Crippen LogP contribution in [-0.2, 0) is 0 Å². The normalized spacial score (nSPS) is 17.6. The van der Waals surface area contributed by atoms with E-state index in [0.29, 0.717) is 19.1 Å². The van der Waals surface area contributed by atoms with Crippen LogP contribution in [0.2, 0.25) is 0 Å². The van der Waals surface area contributed by atoms with Crippen LogP contribution in [0.25, 0.3) is 0 Å². The number of fused-ring (bicyclic) bond motifs is 1. The molecule has 134 valence electrons. The zero-order valence-electron chi connectivity index (χ0n) is 14.0. The molecule has 3 rings (SSSR count). The van der Waals surface area contributed by atoms with E-state index < -0.39 is 0 Å². The highest BCUT2D eigenvalue weighted by Gasteiger charge is 2.21. The van der Waals surface area contributed by atoms with Crippen molar-refractivity contribution in [3.05, 3.63) is 65.7 Å². The van der Waals surface area contributed by atoms with Crippen molar-refractivity contribution in [1.82, 2.24) is 5.32 Å². The smallest absolute Gasteiger partial charge is 0.189 e. The third-order valence-electron chi connectivity index (χ3n) is 4.25. The molecule has 2 aromatic rings. The van der Waals surface area contributed by atoms with Gasteiger partial charge in [0.25, 0.3) is 0 Å². The van der Waals surface area contributed by atoms with Gasteiger partial charge in [0.15, 0.2) is 5.96 Å². The van der Waals surface area contributed by atoms with Crippen LogP contribution in [-0.4, -0.2) is 30.8 Å². The Labute approximate surface area is 165 Å². The molecule has 6 heteroatoms. The molecule has 0 aliphatic carbocycles. The van der Waals surface area contributed by atoms with E-state index in [9.17, 15) is 5.11 Å². The van der Waals surface area contributed by atoms with Gasteiger partial charge in [0.1, 0.15) is 5.75 Å². The second kappa shape index (κ2) is 9.62. The molecule has 1 heterocycles. The Morgan fingerprint density at radius 2 is 1.92 bits per heavy atom. The topological polar surface area (TPSA) is 79.9 Å². The maximum atomic E-state index is 9.60. The number of hydrogen-bond acceptors (Lipinski definition) is 3. The van der Waals surface area contributed by atoms with Gasteiger partial charge in [-0.2, -0.15) is 0 Å². The Balaban J connectivity index is 0.00000225. The van der Waals surface area contributed by atoms with Crippen LogP contribution in [0, 0.1) is 0 Å². The zero-order valence-corrected chi connectivity index (χ0v) is 16.3. The number of aliphatic imine (C=N–C) groups is 1. The minimum atomic E-state index is -0.0477. The first kappa shape index (κ1) is 19.5. The van der Waals surface area contributed by atoms with E-state index in [1.807, 2.05) is 54.6 Å². The molecule has 1 aliphatic rings. The molecule has 0 spiro atoms. The molecule has 5 nitrogen and oxygen atoms in total. The number of nitrogens with two attached hydrogens (primary N) is 1. The molecule has 1 aliphatic heterocycles. The highest BCUT2D eigenvalue weighted by atomic mass is 127. The summed E-state index contributed by atoms with van der Waals surface area (Å²) < 4.78 is 5.65. The van der Waals surface area contributed by atoms with Gasteiger partial charge in [-0.15, -0.1) is 24.0 Å². The van der Waals surface area contributed by atoms with Crippen LogP contribution < -0.4 is 15.8 Å². The second-order valence-corrected chi connectivity index (χ2v) is 5.89. The first-order valence-corrected chi connectivity index (χ1v) is 8.22. The minimum Gasteiger partial charge on any atom is -0.493 e. The summed E-state index contributed by atoms with van der Waals surface area (Å²) in [6.07, 6.45) is 0.843. The number of nitrogens with one attached hydrogen (secondary N) is 1. The maximum absolute atomic E-state index is 9.60. The van der Waals surface area contributed by atoms with E-state index in [4.69, 9.17) is 10.5 Å². The molecule has 0 saturated carbocycles. The lowest BCUT2D eigenvalue weighted by molar-refractivity contribution is 0.261. The highest BCUT2D eigenvalue weighted by Crippen LogP contribution is 2.31. The SMILES string of the molecule is I.NC(=NCC(CO)c1ccccc1)NC1CCOc2ccccc21. The predicted octanol–water partition coefficient (Wildman–Crippen LogP) is 2.81. The molecule has 0 amide bonds. The fourth-order valence-corrected chi connectivity index (χ4v) is 2.92. The van der Waals surface area contributed by atoms with Gasteiger partial charge in [-0.25, -0.2) is 0 Å². The number of hydrogen-bond donors (Lipinski definition) is 3. The summed E-state index contributed by atoms with van der Waals surface area (Å²) in [5.41, 5.74) is 8.22. The van der Waals surface area contributed by atoms with Gasteiger partial charge in [0.2, 0.25) is 0 Å². The van der Waals surface area contributed by atoms with Crippen LogP contribution in [0.15, 0.2) is 59.6 Å². The van der Waals surface area contributed by atoms with Crippen LogP contribution in [0.5, 0.6) is 5.75 Å². The largest absolute Gasteiger partial charge is 0.493 e. The summed E-state index contributed by atoms with van der Waals surface area (Å²) in [5.74, 6) is 1.24. The number of guanidine groups is 1. The minimum absolute atomic E-state index is 0. The number of aliphatic hydroxyl groups excluding tert-OH is 1. The Morgan fingerprint density at radius 1 is 1.20 bits per heavy atom. The Bertz CT molecular complexity index is 694. The van der Waals surface area contributed by atoms with Crippen molar-refractivity contribution in [3.63, 3.8) is 0 Å². The number of para-hydroxylation sites is 1. The van der Waals surface area contributed by atoms with E-state index in [2.05, 4.69) is 10.3 Å². The van der Waals surface area contributed by atoms with Crippen molar-refractivity contribution in [1.29, 1.82) is 0 Å². The first-order valence-electron chi connectivity index (χ1n) is 8.22. The third-order valence-corrected chi connectivity index (χ3v) is 4.25. The van der Waals surface area contributed by atoms with Gasteiger partial charge in [0, 0.05) is 17.9 Å². The number of halogens is 1. The van der Waals surface area contributed by atoms with Gasteiger partial charge >= 0.3 is 0 Å². The van der Waals surface area contributed by atoms with Crippen molar-refractivity contribution in [2.45, 2.75) is 18.4 Å². The van der Waals surface area contributed by atoms with E-state index in [-0.39, 0.29) is 42.5 Å². The monoisotopic (exact) mass is 453 g/mol. The Kier molecular flexibility index (Phi) is 7.52. The van der Waals surface area contributed by atoms with E-state index in [0.717, 1.165) is 23.3 Å². The number of aliphatic hydroxyl groups is 1. The lowest BCUT2D eigenvalue weighted by atomic mass is 10.0.